The van der Waals surface area contributed by atoms with Crippen molar-refractivity contribution in [3.63, 3.8) is 0 Å². The van der Waals surface area contributed by atoms with Gasteiger partial charge in [0.05, 0.1) is 16.7 Å². The predicted octanol–water partition coefficient (Wildman–Crippen LogP) is 4.83. The predicted molar refractivity (Wildman–Crippen MR) is 117 cm³/mol. The fourth-order valence-electron chi connectivity index (χ4n) is 4.17. The van der Waals surface area contributed by atoms with Gasteiger partial charge in [0.2, 0.25) is 5.84 Å². The molecule has 3 aromatic rings. The molecule has 0 bridgehead atoms. The van der Waals surface area contributed by atoms with E-state index in [9.17, 15) is 4.79 Å². The largest absolute Gasteiger partial charge is 0.277 e. The summed E-state index contributed by atoms with van der Waals surface area (Å²) in [6, 6.07) is 19.5. The third kappa shape index (κ3) is 2.69. The van der Waals surface area contributed by atoms with Gasteiger partial charge in [-0.3, -0.25) is 9.73 Å². The van der Waals surface area contributed by atoms with E-state index in [-0.39, 0.29) is 5.91 Å². The lowest BCUT2D eigenvalue weighted by atomic mass is 9.98. The first-order chi connectivity index (χ1) is 14.5. The number of hydrogen-bond donors (Lipinski definition) is 0. The van der Waals surface area contributed by atoms with E-state index in [1.54, 1.807) is 0 Å². The number of carbonyl (C=O) groups is 1. The van der Waals surface area contributed by atoms with Gasteiger partial charge in [-0.25, -0.2) is 0 Å². The van der Waals surface area contributed by atoms with Crippen LogP contribution in [0, 0.1) is 27.7 Å². The van der Waals surface area contributed by atoms with E-state index in [1.165, 1.54) is 15.9 Å². The number of hydrazine groups is 2. The summed E-state index contributed by atoms with van der Waals surface area (Å²) in [6.45, 7) is 8.21. The van der Waals surface area contributed by atoms with Gasteiger partial charge in [-0.2, -0.15) is 10.0 Å². The molecule has 0 N–H and O–H groups in total. The van der Waals surface area contributed by atoms with Gasteiger partial charge in [-0.15, -0.1) is 0 Å². The normalized spacial score (nSPS) is 15.0. The first-order valence-electron chi connectivity index (χ1n) is 9.89. The summed E-state index contributed by atoms with van der Waals surface area (Å²) in [7, 11) is 0. The zero-order valence-electron chi connectivity index (χ0n) is 17.4. The molecule has 3 aromatic carbocycles. The number of benzene rings is 3. The molecule has 6 heteroatoms. The topological polar surface area (TPSA) is 48.4 Å². The number of aryl methyl sites for hydroxylation is 4. The second kappa shape index (κ2) is 6.71. The van der Waals surface area contributed by atoms with Gasteiger partial charge >= 0.3 is 0 Å². The third-order valence-corrected chi connectivity index (χ3v) is 5.47. The minimum absolute atomic E-state index is 0.182. The zero-order valence-corrected chi connectivity index (χ0v) is 17.4. The fourth-order valence-corrected chi connectivity index (χ4v) is 4.17. The smallest absolute Gasteiger partial charge is 0.267 e. The average Bonchev–Trinajstić information content (AvgIpc) is 3.26. The third-order valence-electron chi connectivity index (χ3n) is 5.47. The number of carbonyl (C=O) groups excluding carboxylic acids is 1. The van der Waals surface area contributed by atoms with Crippen LogP contribution in [0.1, 0.15) is 38.2 Å². The van der Waals surface area contributed by atoms with Gasteiger partial charge in [-0.1, -0.05) is 47.5 Å². The molecular weight excluding hydrogens is 376 g/mol. The van der Waals surface area contributed by atoms with E-state index in [2.05, 4.69) is 38.1 Å². The van der Waals surface area contributed by atoms with E-state index >= 15 is 0 Å². The Kier molecular flexibility index (Phi) is 4.11. The van der Waals surface area contributed by atoms with E-state index < -0.39 is 0 Å². The van der Waals surface area contributed by atoms with Crippen LogP contribution in [0.5, 0.6) is 0 Å². The maximum atomic E-state index is 13.4. The SMILES string of the molecule is Cc1ccc(C(=O)N2c3ccccc3N3C(c4c(C)cc(C)cc4C)=NON23)cc1. The van der Waals surface area contributed by atoms with E-state index in [4.69, 9.17) is 4.94 Å². The Balaban J connectivity index is 1.60. The van der Waals surface area contributed by atoms with Crippen LogP contribution in [0.15, 0.2) is 65.8 Å². The number of amides is 1. The Labute approximate surface area is 175 Å². The number of para-hydroxylation sites is 2. The summed E-state index contributed by atoms with van der Waals surface area (Å²) < 4.78 is 0. The summed E-state index contributed by atoms with van der Waals surface area (Å²) in [5, 5.41) is 9.16. The van der Waals surface area contributed by atoms with Crippen LogP contribution in [0.25, 0.3) is 0 Å². The molecule has 6 nitrogen and oxygen atoms in total. The maximum Gasteiger partial charge on any atom is 0.277 e. The lowest BCUT2D eigenvalue weighted by molar-refractivity contribution is -0.135. The Morgan fingerprint density at radius 3 is 2.13 bits per heavy atom. The van der Waals surface area contributed by atoms with Crippen LogP contribution in [0.4, 0.5) is 11.4 Å². The van der Waals surface area contributed by atoms with Crippen molar-refractivity contribution in [1.29, 1.82) is 0 Å². The number of oxime groups is 1. The quantitative estimate of drug-likeness (QED) is 0.621. The molecule has 150 valence electrons. The monoisotopic (exact) mass is 398 g/mol. The standard InChI is InChI=1S/C24H22N4O2/c1-15-9-11-19(12-10-15)24(29)27-21-8-6-5-7-20(21)26-23(25-30-28(26)27)22-17(3)13-16(2)14-18(22)4/h5-14H,1-4H3. The van der Waals surface area contributed by atoms with E-state index in [1.807, 2.05) is 60.5 Å². The Morgan fingerprint density at radius 1 is 0.833 bits per heavy atom. The number of amidine groups is 1. The maximum absolute atomic E-state index is 13.4. The molecule has 1 amide bonds. The molecule has 0 saturated heterocycles. The number of rotatable bonds is 2. The van der Waals surface area contributed by atoms with Crippen molar-refractivity contribution in [3.05, 3.63) is 94.0 Å². The molecule has 0 aromatic heterocycles. The molecule has 30 heavy (non-hydrogen) atoms. The summed E-state index contributed by atoms with van der Waals surface area (Å²) in [5.74, 6) is 0.482. The van der Waals surface area contributed by atoms with Crippen LogP contribution in [-0.2, 0) is 4.94 Å². The van der Waals surface area contributed by atoms with Gasteiger partial charge in [0.25, 0.3) is 5.91 Å². The Bertz CT molecular complexity index is 1180. The van der Waals surface area contributed by atoms with E-state index in [0.29, 0.717) is 11.4 Å². The molecule has 2 aliphatic heterocycles. The second-order valence-corrected chi connectivity index (χ2v) is 7.81. The number of nitrogens with zero attached hydrogens (tertiary/aromatic N) is 4. The summed E-state index contributed by atoms with van der Waals surface area (Å²) in [5.41, 5.74) is 7.69. The van der Waals surface area contributed by atoms with Crippen molar-refractivity contribution in [2.24, 2.45) is 5.16 Å². The van der Waals surface area contributed by atoms with Gasteiger partial charge < -0.3 is 0 Å². The van der Waals surface area contributed by atoms with Crippen LogP contribution < -0.4 is 10.0 Å². The van der Waals surface area contributed by atoms with Crippen molar-refractivity contribution in [1.82, 2.24) is 5.28 Å². The molecule has 0 aliphatic carbocycles. The van der Waals surface area contributed by atoms with Gasteiger partial charge in [0, 0.05) is 11.1 Å². The first-order valence-corrected chi connectivity index (χ1v) is 9.89. The molecular formula is C24H22N4O2. The molecule has 0 saturated carbocycles. The summed E-state index contributed by atoms with van der Waals surface area (Å²) >= 11 is 0. The summed E-state index contributed by atoms with van der Waals surface area (Å²) in [4.78, 5) is 19.1. The van der Waals surface area contributed by atoms with Crippen molar-refractivity contribution in [2.75, 3.05) is 10.0 Å². The van der Waals surface area contributed by atoms with Crippen LogP contribution >= 0.6 is 0 Å². The van der Waals surface area contributed by atoms with Gasteiger partial charge in [0.15, 0.2) is 0 Å². The number of hydrogen-bond acceptors (Lipinski definition) is 5. The highest BCUT2D eigenvalue weighted by Gasteiger charge is 2.47. The highest BCUT2D eigenvalue weighted by Crippen LogP contribution is 2.43. The van der Waals surface area contributed by atoms with Crippen LogP contribution in [0.2, 0.25) is 0 Å². The molecule has 2 aliphatic rings. The van der Waals surface area contributed by atoms with Gasteiger partial charge in [-0.05, 0) is 68.2 Å². The molecule has 0 atom stereocenters. The average molecular weight is 398 g/mol. The minimum atomic E-state index is -0.182. The van der Waals surface area contributed by atoms with Crippen molar-refractivity contribution < 1.29 is 9.73 Å². The fraction of sp³-hybridized carbons (Fsp3) is 0.167. The lowest BCUT2D eigenvalue weighted by Gasteiger charge is -2.25. The molecule has 0 radical (unpaired) electrons. The van der Waals surface area contributed by atoms with Crippen molar-refractivity contribution >= 4 is 23.1 Å². The summed E-state index contributed by atoms with van der Waals surface area (Å²) in [6.07, 6.45) is 0. The molecule has 0 fully saturated rings. The lowest BCUT2D eigenvalue weighted by Crippen LogP contribution is -2.49. The Hall–Kier alpha value is -3.64. The van der Waals surface area contributed by atoms with E-state index in [0.717, 1.165) is 33.6 Å². The minimum Gasteiger partial charge on any atom is -0.267 e. The highest BCUT2D eigenvalue weighted by molar-refractivity contribution is 6.17. The number of anilines is 2. The zero-order chi connectivity index (χ0) is 21.0. The highest BCUT2D eigenvalue weighted by atomic mass is 16.9. The first kappa shape index (κ1) is 18.4. The molecule has 2 heterocycles. The van der Waals surface area contributed by atoms with Gasteiger partial charge in [0.1, 0.15) is 0 Å². The number of fused-ring (bicyclic) bond motifs is 3. The second-order valence-electron chi connectivity index (χ2n) is 7.81. The Morgan fingerprint density at radius 2 is 1.47 bits per heavy atom. The molecule has 0 unspecified atom stereocenters. The van der Waals surface area contributed by atoms with Crippen molar-refractivity contribution in [3.8, 4) is 0 Å². The molecule has 0 spiro atoms. The van der Waals surface area contributed by atoms with Crippen molar-refractivity contribution in [2.45, 2.75) is 27.7 Å². The molecule has 5 rings (SSSR count). The van der Waals surface area contributed by atoms with Crippen LogP contribution in [0.3, 0.4) is 0 Å². The van der Waals surface area contributed by atoms with Crippen LogP contribution in [-0.4, -0.2) is 17.0 Å².